The summed E-state index contributed by atoms with van der Waals surface area (Å²) >= 11 is 0. The van der Waals surface area contributed by atoms with Gasteiger partial charge in [0.05, 0.1) is 12.2 Å². The monoisotopic (exact) mass is 226 g/mol. The van der Waals surface area contributed by atoms with Crippen molar-refractivity contribution in [2.24, 2.45) is 5.41 Å². The van der Waals surface area contributed by atoms with E-state index >= 15 is 0 Å². The van der Waals surface area contributed by atoms with E-state index in [0.29, 0.717) is 17.6 Å². The van der Waals surface area contributed by atoms with Crippen LogP contribution in [0.4, 0.5) is 0 Å². The van der Waals surface area contributed by atoms with Crippen molar-refractivity contribution in [2.75, 3.05) is 32.7 Å². The fourth-order valence-corrected chi connectivity index (χ4v) is 3.14. The molecule has 2 aliphatic heterocycles. The topological polar surface area (TPSA) is 24.5 Å². The van der Waals surface area contributed by atoms with Crippen molar-refractivity contribution in [1.29, 1.82) is 0 Å². The van der Waals surface area contributed by atoms with E-state index in [1.165, 1.54) is 32.5 Å². The summed E-state index contributed by atoms with van der Waals surface area (Å²) in [6.07, 6.45) is 3.42. The third-order valence-electron chi connectivity index (χ3n) is 3.91. The minimum absolute atomic E-state index is 0.397. The molecule has 0 unspecified atom stereocenters. The van der Waals surface area contributed by atoms with Crippen LogP contribution in [-0.2, 0) is 4.74 Å². The number of ether oxygens (including phenoxy) is 1. The summed E-state index contributed by atoms with van der Waals surface area (Å²) in [5.41, 5.74) is 0.516. The quantitative estimate of drug-likeness (QED) is 0.772. The average Bonchev–Trinajstić information content (AvgIpc) is 2.15. The SMILES string of the molecule is C[C@@H]1CN(CC2(C)CCNCC2)C[C@H](C)O1. The summed E-state index contributed by atoms with van der Waals surface area (Å²) in [5, 5.41) is 3.45. The van der Waals surface area contributed by atoms with Gasteiger partial charge in [-0.15, -0.1) is 0 Å². The van der Waals surface area contributed by atoms with E-state index in [-0.39, 0.29) is 0 Å². The van der Waals surface area contributed by atoms with Crippen molar-refractivity contribution < 1.29 is 4.74 Å². The predicted octanol–water partition coefficient (Wildman–Crippen LogP) is 1.49. The Bertz CT molecular complexity index is 216. The summed E-state index contributed by atoms with van der Waals surface area (Å²) in [4.78, 5) is 2.60. The molecule has 1 N–H and O–H groups in total. The predicted molar refractivity (Wildman–Crippen MR) is 66.7 cm³/mol. The molecule has 16 heavy (non-hydrogen) atoms. The Morgan fingerprint density at radius 2 is 1.75 bits per heavy atom. The van der Waals surface area contributed by atoms with Crippen molar-refractivity contribution in [1.82, 2.24) is 10.2 Å². The van der Waals surface area contributed by atoms with Crippen molar-refractivity contribution in [2.45, 2.75) is 45.8 Å². The highest BCUT2D eigenvalue weighted by molar-refractivity contribution is 4.85. The van der Waals surface area contributed by atoms with Gasteiger partial charge in [0.2, 0.25) is 0 Å². The van der Waals surface area contributed by atoms with Gasteiger partial charge in [-0.25, -0.2) is 0 Å². The Kier molecular flexibility index (Phi) is 3.88. The Labute approximate surface area is 99.5 Å². The summed E-state index contributed by atoms with van der Waals surface area (Å²) in [5.74, 6) is 0. The minimum Gasteiger partial charge on any atom is -0.373 e. The van der Waals surface area contributed by atoms with Crippen molar-refractivity contribution >= 4 is 0 Å². The number of hydrogen-bond donors (Lipinski definition) is 1. The molecule has 0 aromatic heterocycles. The van der Waals surface area contributed by atoms with Gasteiger partial charge in [0.1, 0.15) is 0 Å². The second kappa shape index (κ2) is 5.03. The van der Waals surface area contributed by atoms with Gasteiger partial charge in [-0.2, -0.15) is 0 Å². The lowest BCUT2D eigenvalue weighted by Gasteiger charge is -2.42. The van der Waals surface area contributed by atoms with Crippen LogP contribution >= 0.6 is 0 Å². The molecule has 2 aliphatic rings. The van der Waals surface area contributed by atoms with Crippen LogP contribution in [0, 0.1) is 5.41 Å². The molecule has 0 bridgehead atoms. The fraction of sp³-hybridized carbons (Fsp3) is 1.00. The number of hydrogen-bond acceptors (Lipinski definition) is 3. The van der Waals surface area contributed by atoms with E-state index in [9.17, 15) is 0 Å². The molecular formula is C13H26N2O. The van der Waals surface area contributed by atoms with E-state index in [1.807, 2.05) is 0 Å². The van der Waals surface area contributed by atoms with Gasteiger partial charge < -0.3 is 10.1 Å². The number of rotatable bonds is 2. The first-order valence-electron chi connectivity index (χ1n) is 6.66. The van der Waals surface area contributed by atoms with Gasteiger partial charge in [0.15, 0.2) is 0 Å². The Hall–Kier alpha value is -0.120. The molecule has 3 heteroatoms. The molecule has 2 atom stereocenters. The fourth-order valence-electron chi connectivity index (χ4n) is 3.14. The number of nitrogens with one attached hydrogen (secondary N) is 1. The maximum absolute atomic E-state index is 5.78. The molecule has 0 aliphatic carbocycles. The first kappa shape index (κ1) is 12.3. The van der Waals surface area contributed by atoms with Gasteiger partial charge in [-0.3, -0.25) is 4.90 Å². The Morgan fingerprint density at radius 1 is 1.19 bits per heavy atom. The second-order valence-corrected chi connectivity index (χ2v) is 6.01. The third kappa shape index (κ3) is 3.19. The molecule has 2 saturated heterocycles. The molecule has 94 valence electrons. The summed E-state index contributed by atoms with van der Waals surface area (Å²) in [6, 6.07) is 0. The van der Waals surface area contributed by atoms with Gasteiger partial charge in [0, 0.05) is 19.6 Å². The van der Waals surface area contributed by atoms with Gasteiger partial charge in [-0.1, -0.05) is 6.92 Å². The molecule has 2 heterocycles. The highest BCUT2D eigenvalue weighted by Gasteiger charge is 2.31. The van der Waals surface area contributed by atoms with E-state index in [0.717, 1.165) is 13.1 Å². The van der Waals surface area contributed by atoms with Crippen molar-refractivity contribution in [3.8, 4) is 0 Å². The molecule has 2 rings (SSSR count). The molecule has 0 amide bonds. The summed E-state index contributed by atoms with van der Waals surface area (Å²) in [7, 11) is 0. The number of piperidine rings is 1. The molecule has 0 aromatic carbocycles. The molecule has 0 aromatic rings. The number of nitrogens with zero attached hydrogens (tertiary/aromatic N) is 1. The zero-order chi connectivity index (χ0) is 11.6. The number of morpholine rings is 1. The molecule has 3 nitrogen and oxygen atoms in total. The van der Waals surface area contributed by atoms with Gasteiger partial charge >= 0.3 is 0 Å². The zero-order valence-corrected chi connectivity index (χ0v) is 11.0. The van der Waals surface area contributed by atoms with E-state index in [4.69, 9.17) is 4.74 Å². The van der Waals surface area contributed by atoms with Crippen LogP contribution in [0.1, 0.15) is 33.6 Å². The molecule has 0 radical (unpaired) electrons. The average molecular weight is 226 g/mol. The van der Waals surface area contributed by atoms with Crippen LogP contribution in [0.25, 0.3) is 0 Å². The lowest BCUT2D eigenvalue weighted by atomic mass is 9.80. The molecular weight excluding hydrogens is 200 g/mol. The first-order valence-corrected chi connectivity index (χ1v) is 6.66. The van der Waals surface area contributed by atoms with E-state index < -0.39 is 0 Å². The highest BCUT2D eigenvalue weighted by Crippen LogP contribution is 2.30. The lowest BCUT2D eigenvalue weighted by molar-refractivity contribution is -0.0784. The van der Waals surface area contributed by atoms with E-state index in [1.54, 1.807) is 0 Å². The van der Waals surface area contributed by atoms with Crippen molar-refractivity contribution in [3.05, 3.63) is 0 Å². The Morgan fingerprint density at radius 3 is 2.31 bits per heavy atom. The van der Waals surface area contributed by atoms with Crippen LogP contribution in [0.5, 0.6) is 0 Å². The first-order chi connectivity index (χ1) is 7.57. The standard InChI is InChI=1S/C13H26N2O/c1-11-8-15(9-12(2)16-11)10-13(3)4-6-14-7-5-13/h11-12,14H,4-10H2,1-3H3/t11-,12+. The van der Waals surface area contributed by atoms with Crippen LogP contribution in [0.2, 0.25) is 0 Å². The maximum atomic E-state index is 5.78. The van der Waals surface area contributed by atoms with Crippen LogP contribution in [-0.4, -0.2) is 49.8 Å². The summed E-state index contributed by atoms with van der Waals surface area (Å²) < 4.78 is 5.78. The Balaban J connectivity index is 1.87. The van der Waals surface area contributed by atoms with Crippen LogP contribution < -0.4 is 5.32 Å². The zero-order valence-electron chi connectivity index (χ0n) is 11.0. The normalized spacial score (nSPS) is 36.2. The molecule has 0 saturated carbocycles. The molecule has 0 spiro atoms. The minimum atomic E-state index is 0.397. The van der Waals surface area contributed by atoms with Crippen LogP contribution in [0.15, 0.2) is 0 Å². The highest BCUT2D eigenvalue weighted by atomic mass is 16.5. The van der Waals surface area contributed by atoms with Gasteiger partial charge in [-0.05, 0) is 45.2 Å². The van der Waals surface area contributed by atoms with Crippen LogP contribution in [0.3, 0.4) is 0 Å². The largest absolute Gasteiger partial charge is 0.373 e. The van der Waals surface area contributed by atoms with Gasteiger partial charge in [0.25, 0.3) is 0 Å². The maximum Gasteiger partial charge on any atom is 0.0678 e. The second-order valence-electron chi connectivity index (χ2n) is 6.01. The summed E-state index contributed by atoms with van der Waals surface area (Å²) in [6.45, 7) is 12.6. The smallest absolute Gasteiger partial charge is 0.0678 e. The molecule has 2 fully saturated rings. The van der Waals surface area contributed by atoms with Crippen molar-refractivity contribution in [3.63, 3.8) is 0 Å². The lowest BCUT2D eigenvalue weighted by Crippen LogP contribution is -2.50. The third-order valence-corrected chi connectivity index (χ3v) is 3.91. The van der Waals surface area contributed by atoms with E-state index in [2.05, 4.69) is 31.0 Å².